The molecular formula is C18H25N3O5. The molecule has 0 spiro atoms. The Hall–Kier alpha value is -2.87. The molecule has 0 fully saturated rings. The smallest absolute Gasteiger partial charge is 0.407 e. The number of hydrogen-bond donors (Lipinski definition) is 4. The Morgan fingerprint density at radius 2 is 1.96 bits per heavy atom. The summed E-state index contributed by atoms with van der Waals surface area (Å²) >= 11 is 0. The van der Waals surface area contributed by atoms with E-state index in [1.807, 2.05) is 30.3 Å². The topological polar surface area (TPSA) is 131 Å². The molecule has 8 nitrogen and oxygen atoms in total. The van der Waals surface area contributed by atoms with Crippen LogP contribution < -0.4 is 16.4 Å². The van der Waals surface area contributed by atoms with E-state index >= 15 is 0 Å². The number of nitrogens with two attached hydrogens (primary N) is 1. The van der Waals surface area contributed by atoms with Gasteiger partial charge in [0.15, 0.2) is 0 Å². The third-order valence-electron chi connectivity index (χ3n) is 3.45. The molecule has 5 N–H and O–H groups in total. The van der Waals surface area contributed by atoms with Gasteiger partial charge < -0.3 is 26.2 Å². The van der Waals surface area contributed by atoms with Crippen LogP contribution in [0.4, 0.5) is 4.79 Å². The van der Waals surface area contributed by atoms with Crippen LogP contribution in [0.5, 0.6) is 0 Å². The summed E-state index contributed by atoms with van der Waals surface area (Å²) in [5, 5.41) is 14.6. The summed E-state index contributed by atoms with van der Waals surface area (Å²) in [6.07, 6.45) is 0.371. The van der Waals surface area contributed by atoms with E-state index in [-0.39, 0.29) is 19.6 Å². The fourth-order valence-corrected chi connectivity index (χ4v) is 2.08. The van der Waals surface area contributed by atoms with Gasteiger partial charge in [-0.05, 0) is 18.4 Å². The quantitative estimate of drug-likeness (QED) is 0.428. The third kappa shape index (κ3) is 8.84. The molecule has 26 heavy (non-hydrogen) atoms. The zero-order valence-corrected chi connectivity index (χ0v) is 14.5. The molecule has 0 aliphatic carbocycles. The highest BCUT2D eigenvalue weighted by Gasteiger charge is 2.19. The molecule has 1 aromatic carbocycles. The van der Waals surface area contributed by atoms with E-state index in [1.165, 1.54) is 0 Å². The highest BCUT2D eigenvalue weighted by atomic mass is 16.5. The van der Waals surface area contributed by atoms with Gasteiger partial charge in [0.05, 0.1) is 12.5 Å². The minimum atomic E-state index is -1.12. The molecule has 0 saturated heterocycles. The number of benzene rings is 1. The molecule has 1 aromatic rings. The van der Waals surface area contributed by atoms with Crippen LogP contribution in [0, 0.1) is 0 Å². The van der Waals surface area contributed by atoms with Crippen LogP contribution in [0.1, 0.15) is 24.8 Å². The maximum atomic E-state index is 11.8. The van der Waals surface area contributed by atoms with E-state index in [9.17, 15) is 19.5 Å². The Labute approximate surface area is 152 Å². The summed E-state index contributed by atoms with van der Waals surface area (Å²) < 4.78 is 4.99. The van der Waals surface area contributed by atoms with Crippen LogP contribution >= 0.6 is 0 Å². The van der Waals surface area contributed by atoms with Crippen molar-refractivity contribution in [1.29, 1.82) is 0 Å². The van der Waals surface area contributed by atoms with Gasteiger partial charge in [-0.1, -0.05) is 36.4 Å². The number of ether oxygens (including phenoxy) is 1. The summed E-state index contributed by atoms with van der Waals surface area (Å²) in [4.78, 5) is 34.7. The number of aliphatic hydroxyl groups excluding tert-OH is 1. The predicted molar refractivity (Wildman–Crippen MR) is 95.8 cm³/mol. The second-order valence-corrected chi connectivity index (χ2v) is 5.69. The lowest BCUT2D eigenvalue weighted by atomic mass is 10.1. The zero-order valence-electron chi connectivity index (χ0n) is 14.5. The van der Waals surface area contributed by atoms with E-state index in [0.717, 1.165) is 5.56 Å². The van der Waals surface area contributed by atoms with Gasteiger partial charge in [-0.25, -0.2) is 4.79 Å². The van der Waals surface area contributed by atoms with Crippen molar-refractivity contribution in [3.8, 4) is 0 Å². The van der Waals surface area contributed by atoms with Crippen molar-refractivity contribution < 1.29 is 24.2 Å². The van der Waals surface area contributed by atoms with Gasteiger partial charge in [-0.3, -0.25) is 9.59 Å². The van der Waals surface area contributed by atoms with Crippen LogP contribution in [0.2, 0.25) is 0 Å². The van der Waals surface area contributed by atoms with Crippen molar-refractivity contribution in [2.45, 2.75) is 38.0 Å². The predicted octanol–water partition coefficient (Wildman–Crippen LogP) is 0.600. The maximum absolute atomic E-state index is 11.8. The van der Waals surface area contributed by atoms with Crippen molar-refractivity contribution >= 4 is 17.9 Å². The Bertz CT molecular complexity index is 606. The molecular weight excluding hydrogens is 338 g/mol. The number of rotatable bonds is 11. The molecule has 0 heterocycles. The number of hydrogen-bond acceptors (Lipinski definition) is 5. The van der Waals surface area contributed by atoms with Crippen molar-refractivity contribution in [2.24, 2.45) is 5.73 Å². The fourth-order valence-electron chi connectivity index (χ4n) is 2.08. The molecule has 0 unspecified atom stereocenters. The van der Waals surface area contributed by atoms with E-state index < -0.39 is 30.1 Å². The molecule has 0 radical (unpaired) electrons. The maximum Gasteiger partial charge on any atom is 0.407 e. The van der Waals surface area contributed by atoms with E-state index in [2.05, 4.69) is 17.2 Å². The highest BCUT2D eigenvalue weighted by molar-refractivity contribution is 5.86. The summed E-state index contributed by atoms with van der Waals surface area (Å²) in [5.41, 5.74) is 6.05. The number of allylic oxidation sites excluding steroid dienone is 1. The standard InChI is InChI=1S/C18H25N3O5/c1-2-3-9-15(17(19)24)21-16(23)10-14(22)11-20-18(25)26-12-13-7-5-4-6-8-13/h2,4-8,14-15,22H,1,3,9-12H2,(H2,19,24)(H,20,25)(H,21,23)/t14-,15-/m0/s1. The number of carbonyl (C=O) groups excluding carboxylic acids is 3. The summed E-state index contributed by atoms with van der Waals surface area (Å²) in [7, 11) is 0. The fraction of sp³-hybridized carbons (Fsp3) is 0.389. The minimum absolute atomic E-state index is 0.104. The first kappa shape index (κ1) is 21.2. The van der Waals surface area contributed by atoms with Gasteiger partial charge in [0, 0.05) is 6.54 Å². The third-order valence-corrected chi connectivity index (χ3v) is 3.45. The summed E-state index contributed by atoms with van der Waals surface area (Å²) in [5.74, 6) is -1.19. The first-order chi connectivity index (χ1) is 12.4. The molecule has 1 rings (SSSR count). The van der Waals surface area contributed by atoms with Crippen LogP contribution in [-0.4, -0.2) is 41.7 Å². The van der Waals surface area contributed by atoms with Gasteiger partial charge in [0.25, 0.3) is 0 Å². The number of alkyl carbamates (subject to hydrolysis) is 1. The number of aliphatic hydroxyl groups is 1. The molecule has 0 saturated carbocycles. The second-order valence-electron chi connectivity index (χ2n) is 5.69. The van der Waals surface area contributed by atoms with Crippen molar-refractivity contribution in [2.75, 3.05) is 6.54 Å². The highest BCUT2D eigenvalue weighted by Crippen LogP contribution is 2.01. The SMILES string of the molecule is C=CCC[C@H](NC(=O)C[C@H](O)CNC(=O)OCc1ccccc1)C(N)=O. The molecule has 2 atom stereocenters. The summed E-state index contributed by atoms with van der Waals surface area (Å²) in [6.45, 7) is 3.48. The average molecular weight is 363 g/mol. The molecule has 0 aromatic heterocycles. The average Bonchev–Trinajstić information content (AvgIpc) is 2.62. The Kier molecular flexibility index (Phi) is 9.48. The Morgan fingerprint density at radius 1 is 1.27 bits per heavy atom. The lowest BCUT2D eigenvalue weighted by Gasteiger charge is -2.16. The van der Waals surface area contributed by atoms with Gasteiger partial charge >= 0.3 is 6.09 Å². The molecule has 8 heteroatoms. The molecule has 0 bridgehead atoms. The van der Waals surface area contributed by atoms with E-state index in [4.69, 9.17) is 10.5 Å². The first-order valence-corrected chi connectivity index (χ1v) is 8.24. The minimum Gasteiger partial charge on any atom is -0.445 e. The van der Waals surface area contributed by atoms with Crippen molar-refractivity contribution in [3.63, 3.8) is 0 Å². The first-order valence-electron chi connectivity index (χ1n) is 8.24. The van der Waals surface area contributed by atoms with Crippen molar-refractivity contribution in [3.05, 3.63) is 48.6 Å². The Morgan fingerprint density at radius 3 is 2.58 bits per heavy atom. The number of primary amides is 1. The molecule has 3 amide bonds. The largest absolute Gasteiger partial charge is 0.445 e. The van der Waals surface area contributed by atoms with E-state index in [0.29, 0.717) is 12.8 Å². The molecule has 0 aliphatic rings. The van der Waals surface area contributed by atoms with Crippen LogP contribution in [0.3, 0.4) is 0 Å². The van der Waals surface area contributed by atoms with Gasteiger partial charge in [-0.2, -0.15) is 0 Å². The van der Waals surface area contributed by atoms with Gasteiger partial charge in [0.2, 0.25) is 11.8 Å². The zero-order chi connectivity index (χ0) is 19.4. The van der Waals surface area contributed by atoms with E-state index in [1.54, 1.807) is 6.08 Å². The lowest BCUT2D eigenvalue weighted by molar-refractivity contribution is -0.128. The number of nitrogens with one attached hydrogen (secondary N) is 2. The monoisotopic (exact) mass is 363 g/mol. The Balaban J connectivity index is 2.28. The van der Waals surface area contributed by atoms with Crippen LogP contribution in [0.25, 0.3) is 0 Å². The number of carbonyl (C=O) groups is 3. The van der Waals surface area contributed by atoms with Gasteiger partial charge in [-0.15, -0.1) is 6.58 Å². The summed E-state index contributed by atoms with van der Waals surface area (Å²) in [6, 6.07) is 8.31. The second kappa shape index (κ2) is 11.6. The van der Waals surface area contributed by atoms with Crippen LogP contribution in [0.15, 0.2) is 43.0 Å². The molecule has 0 aliphatic heterocycles. The molecule has 142 valence electrons. The van der Waals surface area contributed by atoms with Crippen molar-refractivity contribution in [1.82, 2.24) is 10.6 Å². The lowest BCUT2D eigenvalue weighted by Crippen LogP contribution is -2.46. The number of amides is 3. The van der Waals surface area contributed by atoms with Crippen LogP contribution in [-0.2, 0) is 20.9 Å². The normalized spacial score (nSPS) is 12.5. The van der Waals surface area contributed by atoms with Gasteiger partial charge in [0.1, 0.15) is 12.6 Å².